The summed E-state index contributed by atoms with van der Waals surface area (Å²) in [6, 6.07) is 8.32. The van der Waals surface area contributed by atoms with Crippen LogP contribution in [0, 0.1) is 6.92 Å². The van der Waals surface area contributed by atoms with Crippen LogP contribution in [0.5, 0.6) is 0 Å². The third kappa shape index (κ3) is 3.41. The van der Waals surface area contributed by atoms with E-state index in [0.717, 1.165) is 6.54 Å². The van der Waals surface area contributed by atoms with Gasteiger partial charge in [-0.1, -0.05) is 37.6 Å². The summed E-state index contributed by atoms with van der Waals surface area (Å²) in [6.45, 7) is 5.25. The minimum absolute atomic E-state index is 0.949. The Morgan fingerprint density at radius 3 is 2.77 bits per heavy atom. The first-order valence-electron chi connectivity index (χ1n) is 4.90. The Morgan fingerprint density at radius 1 is 1.31 bits per heavy atom. The number of aryl methyl sites for hydroxylation is 1. The molecule has 0 aromatic heterocycles. The number of benzene rings is 1. The van der Waals surface area contributed by atoms with Gasteiger partial charge in [-0.15, -0.1) is 0 Å². The average Bonchev–Trinajstić information content (AvgIpc) is 2.15. The van der Waals surface area contributed by atoms with Gasteiger partial charge in [0.05, 0.1) is 0 Å². The highest BCUT2D eigenvalue weighted by Gasteiger charge is 1.90. The fourth-order valence-corrected chi connectivity index (χ4v) is 1.14. The molecule has 0 radical (unpaired) electrons. The van der Waals surface area contributed by atoms with Gasteiger partial charge in [0.25, 0.3) is 0 Å². The van der Waals surface area contributed by atoms with Crippen LogP contribution in [-0.2, 0) is 0 Å². The van der Waals surface area contributed by atoms with Crippen molar-refractivity contribution >= 4 is 6.21 Å². The Morgan fingerprint density at radius 2 is 2.08 bits per heavy atom. The van der Waals surface area contributed by atoms with E-state index in [2.05, 4.69) is 37.0 Å². The van der Waals surface area contributed by atoms with Crippen molar-refractivity contribution in [2.24, 2.45) is 4.99 Å². The molecule has 0 bridgehead atoms. The number of nitrogens with zero attached hydrogens (tertiary/aromatic N) is 1. The summed E-state index contributed by atoms with van der Waals surface area (Å²) in [5.74, 6) is 0. The van der Waals surface area contributed by atoms with Crippen LogP contribution in [0.4, 0.5) is 0 Å². The smallest absolute Gasteiger partial charge is 0.0389 e. The summed E-state index contributed by atoms with van der Waals surface area (Å²) >= 11 is 0. The monoisotopic (exact) mass is 175 g/mol. The van der Waals surface area contributed by atoms with Crippen molar-refractivity contribution in [2.45, 2.75) is 26.7 Å². The Bertz CT molecular complexity index is 276. The minimum Gasteiger partial charge on any atom is -0.293 e. The first-order valence-corrected chi connectivity index (χ1v) is 4.90. The van der Waals surface area contributed by atoms with E-state index in [1.807, 2.05) is 12.3 Å². The largest absolute Gasteiger partial charge is 0.293 e. The molecule has 0 amide bonds. The number of hydrogen-bond donors (Lipinski definition) is 0. The summed E-state index contributed by atoms with van der Waals surface area (Å²) in [6.07, 6.45) is 4.37. The number of unbranched alkanes of at least 4 members (excludes halogenated alkanes) is 1. The van der Waals surface area contributed by atoms with E-state index in [9.17, 15) is 0 Å². The van der Waals surface area contributed by atoms with Crippen LogP contribution >= 0.6 is 0 Å². The molecule has 0 aliphatic heterocycles. The van der Waals surface area contributed by atoms with E-state index >= 15 is 0 Å². The van der Waals surface area contributed by atoms with Crippen LogP contribution in [-0.4, -0.2) is 12.8 Å². The summed E-state index contributed by atoms with van der Waals surface area (Å²) in [7, 11) is 0. The van der Waals surface area contributed by atoms with Gasteiger partial charge in [-0.2, -0.15) is 0 Å². The summed E-state index contributed by atoms with van der Waals surface area (Å²) < 4.78 is 0. The van der Waals surface area contributed by atoms with Gasteiger partial charge in [0.2, 0.25) is 0 Å². The second-order valence-electron chi connectivity index (χ2n) is 3.25. The van der Waals surface area contributed by atoms with Crippen molar-refractivity contribution < 1.29 is 0 Å². The van der Waals surface area contributed by atoms with Gasteiger partial charge in [0, 0.05) is 12.8 Å². The van der Waals surface area contributed by atoms with Gasteiger partial charge in [-0.3, -0.25) is 4.99 Å². The Hall–Kier alpha value is -1.11. The molecule has 0 spiro atoms. The standard InChI is InChI=1S/C12H17N/c1-3-4-9-13-10-12-8-6-5-7-11(12)2/h5-8,10H,3-4,9H2,1-2H3. The highest BCUT2D eigenvalue weighted by Crippen LogP contribution is 2.03. The maximum atomic E-state index is 4.37. The van der Waals surface area contributed by atoms with E-state index < -0.39 is 0 Å². The predicted octanol–water partition coefficient (Wildman–Crippen LogP) is 3.21. The molecule has 1 aromatic rings. The van der Waals surface area contributed by atoms with Crippen molar-refractivity contribution in [1.82, 2.24) is 0 Å². The molecule has 0 N–H and O–H groups in total. The zero-order valence-electron chi connectivity index (χ0n) is 8.46. The summed E-state index contributed by atoms with van der Waals surface area (Å²) in [5, 5.41) is 0. The molecule has 1 rings (SSSR count). The van der Waals surface area contributed by atoms with E-state index in [1.54, 1.807) is 0 Å². The fourth-order valence-electron chi connectivity index (χ4n) is 1.14. The molecule has 0 heterocycles. The molecule has 13 heavy (non-hydrogen) atoms. The maximum absolute atomic E-state index is 4.37. The van der Waals surface area contributed by atoms with E-state index in [-0.39, 0.29) is 0 Å². The van der Waals surface area contributed by atoms with Crippen LogP contribution < -0.4 is 0 Å². The molecule has 0 aliphatic rings. The topological polar surface area (TPSA) is 12.4 Å². The van der Waals surface area contributed by atoms with Gasteiger partial charge in [-0.25, -0.2) is 0 Å². The van der Waals surface area contributed by atoms with Crippen molar-refractivity contribution in [3.8, 4) is 0 Å². The molecule has 0 unspecified atom stereocenters. The third-order valence-electron chi connectivity index (χ3n) is 2.06. The lowest BCUT2D eigenvalue weighted by Gasteiger charge is -1.97. The summed E-state index contributed by atoms with van der Waals surface area (Å²) in [4.78, 5) is 4.37. The lowest BCUT2D eigenvalue weighted by molar-refractivity contribution is 0.810. The van der Waals surface area contributed by atoms with Gasteiger partial charge in [0.1, 0.15) is 0 Å². The second kappa shape index (κ2) is 5.52. The maximum Gasteiger partial charge on any atom is 0.0389 e. The van der Waals surface area contributed by atoms with Gasteiger partial charge < -0.3 is 0 Å². The average molecular weight is 175 g/mol. The lowest BCUT2D eigenvalue weighted by Crippen LogP contribution is -1.87. The van der Waals surface area contributed by atoms with Crippen LogP contribution in [0.2, 0.25) is 0 Å². The lowest BCUT2D eigenvalue weighted by atomic mass is 10.1. The first-order chi connectivity index (χ1) is 6.34. The van der Waals surface area contributed by atoms with Gasteiger partial charge >= 0.3 is 0 Å². The number of rotatable bonds is 4. The van der Waals surface area contributed by atoms with Crippen LogP contribution in [0.15, 0.2) is 29.3 Å². The normalized spacial score (nSPS) is 10.9. The van der Waals surface area contributed by atoms with Gasteiger partial charge in [-0.05, 0) is 24.5 Å². The molecule has 0 saturated heterocycles. The Labute approximate surface area is 80.5 Å². The minimum atomic E-state index is 0.949. The highest BCUT2D eigenvalue weighted by atomic mass is 14.7. The quantitative estimate of drug-likeness (QED) is 0.492. The van der Waals surface area contributed by atoms with Crippen molar-refractivity contribution in [1.29, 1.82) is 0 Å². The Balaban J connectivity index is 2.53. The second-order valence-corrected chi connectivity index (χ2v) is 3.25. The molecular formula is C12H17N. The summed E-state index contributed by atoms with van der Waals surface area (Å²) in [5.41, 5.74) is 2.53. The zero-order chi connectivity index (χ0) is 9.52. The molecule has 1 aromatic carbocycles. The van der Waals surface area contributed by atoms with Crippen molar-refractivity contribution in [2.75, 3.05) is 6.54 Å². The molecule has 0 fully saturated rings. The molecule has 70 valence electrons. The predicted molar refractivity (Wildman–Crippen MR) is 58.5 cm³/mol. The molecule has 0 aliphatic carbocycles. The molecule has 1 nitrogen and oxygen atoms in total. The van der Waals surface area contributed by atoms with Crippen LogP contribution in [0.1, 0.15) is 30.9 Å². The number of hydrogen-bond acceptors (Lipinski definition) is 1. The molecule has 1 heteroatoms. The first kappa shape index (κ1) is 9.97. The molecular weight excluding hydrogens is 158 g/mol. The zero-order valence-corrected chi connectivity index (χ0v) is 8.46. The number of aliphatic imine (C=N–C) groups is 1. The van der Waals surface area contributed by atoms with Crippen LogP contribution in [0.25, 0.3) is 0 Å². The Kier molecular flexibility index (Phi) is 4.24. The highest BCUT2D eigenvalue weighted by molar-refractivity contribution is 5.81. The van der Waals surface area contributed by atoms with E-state index in [0.29, 0.717) is 0 Å². The van der Waals surface area contributed by atoms with E-state index in [4.69, 9.17) is 0 Å². The fraction of sp³-hybridized carbons (Fsp3) is 0.417. The van der Waals surface area contributed by atoms with Crippen molar-refractivity contribution in [3.63, 3.8) is 0 Å². The third-order valence-corrected chi connectivity index (χ3v) is 2.06. The molecule has 0 atom stereocenters. The van der Waals surface area contributed by atoms with Crippen LogP contribution in [0.3, 0.4) is 0 Å². The van der Waals surface area contributed by atoms with Crippen molar-refractivity contribution in [3.05, 3.63) is 35.4 Å². The molecule has 0 saturated carbocycles. The SMILES string of the molecule is CCCCN=Cc1ccccc1C. The van der Waals surface area contributed by atoms with E-state index in [1.165, 1.54) is 24.0 Å². The van der Waals surface area contributed by atoms with Gasteiger partial charge in [0.15, 0.2) is 0 Å².